The van der Waals surface area contributed by atoms with Crippen molar-refractivity contribution in [3.05, 3.63) is 0 Å². The van der Waals surface area contributed by atoms with Crippen molar-refractivity contribution in [2.75, 3.05) is 7.11 Å². The van der Waals surface area contributed by atoms with E-state index in [1.54, 1.807) is 0 Å². The van der Waals surface area contributed by atoms with Crippen LogP contribution in [0.2, 0.25) is 0 Å². The first-order valence-corrected chi connectivity index (χ1v) is 11.2. The molecule has 28 heavy (non-hydrogen) atoms. The molecule has 6 nitrogen and oxygen atoms in total. The van der Waals surface area contributed by atoms with E-state index in [1.807, 2.05) is 13.8 Å². The maximum Gasteiger partial charge on any atom is 0.369 e. The number of aliphatic hydroxyl groups is 1. The van der Waals surface area contributed by atoms with Gasteiger partial charge in [0, 0.05) is 12.8 Å². The van der Waals surface area contributed by atoms with E-state index in [9.17, 15) is 9.90 Å². The molecule has 0 aliphatic rings. The second kappa shape index (κ2) is 17.2. The molecular weight excluding hydrogens is 360 g/mol. The lowest BCUT2D eigenvalue weighted by atomic mass is 10.1. The molecule has 0 aromatic heterocycles. The lowest BCUT2D eigenvalue weighted by Gasteiger charge is -2.27. The van der Waals surface area contributed by atoms with Gasteiger partial charge in [-0.1, -0.05) is 71.6 Å². The van der Waals surface area contributed by atoms with Crippen LogP contribution in [0.15, 0.2) is 0 Å². The van der Waals surface area contributed by atoms with Crippen LogP contribution >= 0.6 is 0 Å². The zero-order valence-electron chi connectivity index (χ0n) is 18.8. The van der Waals surface area contributed by atoms with Crippen molar-refractivity contribution in [2.24, 2.45) is 0 Å². The Morgan fingerprint density at radius 3 is 1.96 bits per heavy atom. The van der Waals surface area contributed by atoms with Crippen LogP contribution in [0.1, 0.15) is 111 Å². The average molecular weight is 405 g/mol. The SMILES string of the molecule is CCCCCCCCC(OOC(O)(CCCCCCC)C(=O)OC)OC(C)C. The molecule has 6 heteroatoms. The van der Waals surface area contributed by atoms with Crippen molar-refractivity contribution >= 4 is 5.97 Å². The fourth-order valence-electron chi connectivity index (χ4n) is 2.97. The molecule has 0 amide bonds. The van der Waals surface area contributed by atoms with Crippen molar-refractivity contribution in [2.45, 2.75) is 129 Å². The van der Waals surface area contributed by atoms with E-state index in [4.69, 9.17) is 19.2 Å². The first-order valence-electron chi connectivity index (χ1n) is 11.2. The van der Waals surface area contributed by atoms with Crippen LogP contribution in [0.25, 0.3) is 0 Å². The van der Waals surface area contributed by atoms with Gasteiger partial charge in [-0.2, -0.15) is 4.89 Å². The summed E-state index contributed by atoms with van der Waals surface area (Å²) in [7, 11) is 1.23. The molecule has 0 heterocycles. The molecule has 2 atom stereocenters. The van der Waals surface area contributed by atoms with E-state index in [-0.39, 0.29) is 12.5 Å². The number of esters is 1. The van der Waals surface area contributed by atoms with E-state index in [0.29, 0.717) is 12.8 Å². The number of carbonyl (C=O) groups excluding carboxylic acids is 1. The first kappa shape index (κ1) is 27.3. The molecule has 168 valence electrons. The smallest absolute Gasteiger partial charge is 0.369 e. The molecule has 0 saturated carbocycles. The first-order chi connectivity index (χ1) is 13.4. The summed E-state index contributed by atoms with van der Waals surface area (Å²) in [5.74, 6) is -2.94. The highest BCUT2D eigenvalue weighted by Crippen LogP contribution is 2.22. The van der Waals surface area contributed by atoms with E-state index in [0.717, 1.165) is 38.5 Å². The zero-order chi connectivity index (χ0) is 21.3. The second-order valence-corrected chi connectivity index (χ2v) is 7.79. The third-order valence-corrected chi connectivity index (χ3v) is 4.63. The predicted octanol–water partition coefficient (Wildman–Crippen LogP) is 5.66. The molecule has 0 rings (SSSR count). The Labute approximate surface area is 172 Å². The summed E-state index contributed by atoms with van der Waals surface area (Å²) in [5, 5.41) is 10.6. The highest BCUT2D eigenvalue weighted by atomic mass is 17.2. The summed E-state index contributed by atoms with van der Waals surface area (Å²) in [6.07, 6.45) is 12.0. The summed E-state index contributed by atoms with van der Waals surface area (Å²) in [6.45, 7) is 8.17. The third-order valence-electron chi connectivity index (χ3n) is 4.63. The number of unbranched alkanes of at least 4 members (excludes halogenated alkanes) is 9. The number of hydrogen-bond acceptors (Lipinski definition) is 6. The standard InChI is InChI=1S/C22H44O6/c1-6-8-10-12-13-15-17-20(26-19(3)4)27-28-22(24,21(23)25-5)18-16-14-11-9-7-2/h19-20,24H,6-18H2,1-5H3. The van der Waals surface area contributed by atoms with E-state index < -0.39 is 18.0 Å². The minimum absolute atomic E-state index is 0.0473. The van der Waals surface area contributed by atoms with Crippen LogP contribution in [0.5, 0.6) is 0 Å². The average Bonchev–Trinajstić information content (AvgIpc) is 2.67. The summed E-state index contributed by atoms with van der Waals surface area (Å²) < 4.78 is 10.4. The summed E-state index contributed by atoms with van der Waals surface area (Å²) in [4.78, 5) is 22.6. The molecule has 0 aliphatic carbocycles. The van der Waals surface area contributed by atoms with E-state index >= 15 is 0 Å². The van der Waals surface area contributed by atoms with Gasteiger partial charge in [-0.05, 0) is 26.7 Å². The Balaban J connectivity index is 4.53. The Morgan fingerprint density at radius 2 is 1.43 bits per heavy atom. The highest BCUT2D eigenvalue weighted by Gasteiger charge is 2.40. The topological polar surface area (TPSA) is 74.2 Å². The number of hydrogen-bond donors (Lipinski definition) is 1. The molecule has 0 fully saturated rings. The Kier molecular flexibility index (Phi) is 16.8. The van der Waals surface area contributed by atoms with Crippen LogP contribution in [0, 0.1) is 0 Å². The molecule has 0 saturated heterocycles. The van der Waals surface area contributed by atoms with Gasteiger partial charge in [0.2, 0.25) is 0 Å². The number of carbonyl (C=O) groups is 1. The lowest BCUT2D eigenvalue weighted by molar-refractivity contribution is -0.460. The number of ether oxygens (including phenoxy) is 2. The van der Waals surface area contributed by atoms with Gasteiger partial charge < -0.3 is 14.6 Å². The van der Waals surface area contributed by atoms with Crippen molar-refractivity contribution < 1.29 is 29.1 Å². The van der Waals surface area contributed by atoms with Crippen LogP contribution in [0.3, 0.4) is 0 Å². The molecule has 1 N–H and O–H groups in total. The van der Waals surface area contributed by atoms with Crippen molar-refractivity contribution in [3.8, 4) is 0 Å². The Bertz CT molecular complexity index is 374. The maximum atomic E-state index is 12.0. The molecule has 0 spiro atoms. The quantitative estimate of drug-likeness (QED) is 0.0984. The van der Waals surface area contributed by atoms with Gasteiger partial charge in [-0.25, -0.2) is 9.68 Å². The fraction of sp³-hybridized carbons (Fsp3) is 0.955. The van der Waals surface area contributed by atoms with Gasteiger partial charge in [-0.15, -0.1) is 0 Å². The lowest BCUT2D eigenvalue weighted by Crippen LogP contribution is -2.44. The van der Waals surface area contributed by atoms with Crippen molar-refractivity contribution in [1.29, 1.82) is 0 Å². The largest absolute Gasteiger partial charge is 0.465 e. The molecule has 0 bridgehead atoms. The minimum Gasteiger partial charge on any atom is -0.465 e. The summed E-state index contributed by atoms with van der Waals surface area (Å²) >= 11 is 0. The Morgan fingerprint density at radius 1 is 0.893 bits per heavy atom. The van der Waals surface area contributed by atoms with Gasteiger partial charge in [0.15, 0.2) is 6.29 Å². The van der Waals surface area contributed by atoms with Crippen LogP contribution in [-0.4, -0.2) is 36.4 Å². The monoisotopic (exact) mass is 404 g/mol. The fourth-order valence-corrected chi connectivity index (χ4v) is 2.97. The molecule has 0 aromatic carbocycles. The summed E-state index contributed by atoms with van der Waals surface area (Å²) in [5.41, 5.74) is 0. The number of rotatable bonds is 19. The third kappa shape index (κ3) is 13.5. The molecule has 0 radical (unpaired) electrons. The van der Waals surface area contributed by atoms with Gasteiger partial charge in [0.1, 0.15) is 0 Å². The van der Waals surface area contributed by atoms with Crippen LogP contribution in [-0.2, 0) is 24.0 Å². The summed E-state index contributed by atoms with van der Waals surface area (Å²) in [6, 6.07) is 0. The van der Waals surface area contributed by atoms with Crippen LogP contribution < -0.4 is 0 Å². The van der Waals surface area contributed by atoms with Crippen LogP contribution in [0.4, 0.5) is 0 Å². The number of methoxy groups -OCH3 is 1. The van der Waals surface area contributed by atoms with E-state index in [2.05, 4.69) is 13.8 Å². The van der Waals surface area contributed by atoms with Gasteiger partial charge in [-0.3, -0.25) is 0 Å². The van der Waals surface area contributed by atoms with E-state index in [1.165, 1.54) is 32.8 Å². The van der Waals surface area contributed by atoms with Gasteiger partial charge in [0.25, 0.3) is 5.79 Å². The predicted molar refractivity (Wildman–Crippen MR) is 111 cm³/mol. The second-order valence-electron chi connectivity index (χ2n) is 7.79. The zero-order valence-corrected chi connectivity index (χ0v) is 18.8. The molecule has 0 aliphatic heterocycles. The highest BCUT2D eigenvalue weighted by molar-refractivity contribution is 5.77. The van der Waals surface area contributed by atoms with Gasteiger partial charge >= 0.3 is 5.97 Å². The Hall–Kier alpha value is -0.690. The minimum atomic E-state index is -2.10. The van der Waals surface area contributed by atoms with Crippen molar-refractivity contribution in [3.63, 3.8) is 0 Å². The normalized spacial score (nSPS) is 14.8. The molecular formula is C22H44O6. The molecule has 2 unspecified atom stereocenters. The maximum absolute atomic E-state index is 12.0. The van der Waals surface area contributed by atoms with Gasteiger partial charge in [0.05, 0.1) is 13.2 Å². The van der Waals surface area contributed by atoms with Crippen molar-refractivity contribution in [1.82, 2.24) is 0 Å². The molecule has 0 aromatic rings.